The SMILES string of the molecule is CCN1C(=O)C[C@H]2[C@@H]1CCN2C(=O)c1csnn1. The Hall–Kier alpha value is -1.50. The van der Waals surface area contributed by atoms with E-state index < -0.39 is 0 Å². The van der Waals surface area contributed by atoms with Crippen LogP contribution in [0.1, 0.15) is 30.3 Å². The number of likely N-dealkylation sites (N-methyl/N-ethyl adjacent to an activating group) is 1. The highest BCUT2D eigenvalue weighted by molar-refractivity contribution is 7.03. The number of aromatic nitrogens is 2. The maximum atomic E-state index is 12.3. The first-order valence-electron chi connectivity index (χ1n) is 6.10. The summed E-state index contributed by atoms with van der Waals surface area (Å²) < 4.78 is 3.71. The Labute approximate surface area is 109 Å². The minimum Gasteiger partial charge on any atom is -0.338 e. The number of carbonyl (C=O) groups is 2. The lowest BCUT2D eigenvalue weighted by Gasteiger charge is -2.23. The first-order chi connectivity index (χ1) is 8.72. The van der Waals surface area contributed by atoms with Gasteiger partial charge in [0.25, 0.3) is 5.91 Å². The fraction of sp³-hybridized carbons (Fsp3) is 0.636. The molecule has 7 heteroatoms. The van der Waals surface area contributed by atoms with Crippen LogP contribution in [-0.2, 0) is 4.79 Å². The highest BCUT2D eigenvalue weighted by Gasteiger charge is 2.47. The Bertz CT molecular complexity index is 475. The summed E-state index contributed by atoms with van der Waals surface area (Å²) in [6, 6.07) is 0.213. The highest BCUT2D eigenvalue weighted by atomic mass is 32.1. The molecule has 3 rings (SSSR count). The van der Waals surface area contributed by atoms with Gasteiger partial charge in [-0.05, 0) is 24.9 Å². The predicted molar refractivity (Wildman–Crippen MR) is 65.1 cm³/mol. The second kappa shape index (κ2) is 4.31. The standard InChI is InChI=1S/C11H14N4O2S/c1-2-14-8-3-4-15(9(8)5-10(14)16)11(17)7-6-18-13-12-7/h6,8-9H,2-5H2,1H3/t8-,9-/m0/s1. The molecule has 1 aromatic heterocycles. The fourth-order valence-electron chi connectivity index (χ4n) is 3.00. The second-order valence-corrected chi connectivity index (χ2v) is 5.21. The van der Waals surface area contributed by atoms with Crippen molar-refractivity contribution >= 4 is 23.3 Å². The molecule has 0 spiro atoms. The lowest BCUT2D eigenvalue weighted by atomic mass is 10.1. The summed E-state index contributed by atoms with van der Waals surface area (Å²) in [5.41, 5.74) is 0.392. The molecule has 0 bridgehead atoms. The van der Waals surface area contributed by atoms with Crippen molar-refractivity contribution in [2.24, 2.45) is 0 Å². The molecule has 0 N–H and O–H groups in total. The van der Waals surface area contributed by atoms with E-state index in [1.165, 1.54) is 11.5 Å². The number of fused-ring (bicyclic) bond motifs is 1. The summed E-state index contributed by atoms with van der Waals surface area (Å²) in [5, 5.41) is 5.47. The highest BCUT2D eigenvalue weighted by Crippen LogP contribution is 2.32. The van der Waals surface area contributed by atoms with E-state index in [0.717, 1.165) is 13.0 Å². The van der Waals surface area contributed by atoms with E-state index in [9.17, 15) is 9.59 Å². The summed E-state index contributed by atoms with van der Waals surface area (Å²) in [6.45, 7) is 3.41. The molecular weight excluding hydrogens is 252 g/mol. The maximum Gasteiger partial charge on any atom is 0.275 e. The monoisotopic (exact) mass is 266 g/mol. The molecule has 3 heterocycles. The Morgan fingerprint density at radius 1 is 1.56 bits per heavy atom. The molecule has 2 amide bonds. The summed E-state index contributed by atoms with van der Waals surface area (Å²) in [4.78, 5) is 27.8. The van der Waals surface area contributed by atoms with Crippen LogP contribution in [0, 0.1) is 0 Å². The average molecular weight is 266 g/mol. The Morgan fingerprint density at radius 2 is 2.39 bits per heavy atom. The van der Waals surface area contributed by atoms with Crippen molar-refractivity contribution in [2.45, 2.75) is 31.8 Å². The zero-order chi connectivity index (χ0) is 12.7. The van der Waals surface area contributed by atoms with E-state index >= 15 is 0 Å². The molecule has 0 aromatic carbocycles. The topological polar surface area (TPSA) is 66.4 Å². The third kappa shape index (κ3) is 1.61. The molecular formula is C11H14N4O2S. The number of rotatable bonds is 2. The van der Waals surface area contributed by atoms with E-state index in [4.69, 9.17) is 0 Å². The van der Waals surface area contributed by atoms with Gasteiger partial charge in [0.2, 0.25) is 5.91 Å². The minimum atomic E-state index is -0.0954. The number of carbonyl (C=O) groups excluding carboxylic acids is 2. The molecule has 0 unspecified atom stereocenters. The van der Waals surface area contributed by atoms with Crippen molar-refractivity contribution in [3.63, 3.8) is 0 Å². The van der Waals surface area contributed by atoms with E-state index in [-0.39, 0.29) is 23.9 Å². The number of likely N-dealkylation sites (tertiary alicyclic amines) is 2. The lowest BCUT2D eigenvalue weighted by Crippen LogP contribution is -2.40. The molecule has 0 aliphatic carbocycles. The minimum absolute atomic E-state index is 0.0200. The predicted octanol–water partition coefficient (Wildman–Crippen LogP) is 0.373. The first-order valence-corrected chi connectivity index (χ1v) is 6.93. The molecule has 6 nitrogen and oxygen atoms in total. The largest absolute Gasteiger partial charge is 0.338 e. The van der Waals surface area contributed by atoms with Gasteiger partial charge in [0, 0.05) is 24.9 Å². The normalized spacial score (nSPS) is 26.8. The van der Waals surface area contributed by atoms with Crippen molar-refractivity contribution in [1.29, 1.82) is 0 Å². The summed E-state index contributed by atoms with van der Waals surface area (Å²) >= 11 is 1.17. The van der Waals surface area contributed by atoms with Gasteiger partial charge in [0.05, 0.1) is 12.1 Å². The van der Waals surface area contributed by atoms with Crippen LogP contribution in [0.5, 0.6) is 0 Å². The van der Waals surface area contributed by atoms with Gasteiger partial charge in [0.1, 0.15) is 0 Å². The van der Waals surface area contributed by atoms with Gasteiger partial charge in [0.15, 0.2) is 5.69 Å². The Morgan fingerprint density at radius 3 is 3.06 bits per heavy atom. The molecule has 2 saturated heterocycles. The van der Waals surface area contributed by atoms with Crippen molar-refractivity contribution < 1.29 is 9.59 Å². The quantitative estimate of drug-likeness (QED) is 0.776. The summed E-state index contributed by atoms with van der Waals surface area (Å²) in [5.74, 6) is 0.0587. The summed E-state index contributed by atoms with van der Waals surface area (Å²) in [7, 11) is 0. The number of nitrogens with zero attached hydrogens (tertiary/aromatic N) is 4. The van der Waals surface area contributed by atoms with Gasteiger partial charge in [-0.3, -0.25) is 9.59 Å². The van der Waals surface area contributed by atoms with Crippen LogP contribution in [0.4, 0.5) is 0 Å². The Balaban J connectivity index is 1.81. The zero-order valence-electron chi connectivity index (χ0n) is 10.1. The van der Waals surface area contributed by atoms with Gasteiger partial charge >= 0.3 is 0 Å². The number of amides is 2. The second-order valence-electron chi connectivity index (χ2n) is 4.60. The third-order valence-corrected chi connectivity index (χ3v) is 4.30. The molecule has 1 aromatic rings. The maximum absolute atomic E-state index is 12.3. The van der Waals surface area contributed by atoms with Crippen LogP contribution in [-0.4, -0.2) is 56.4 Å². The molecule has 0 radical (unpaired) electrons. The Kier molecular flexibility index (Phi) is 2.77. The van der Waals surface area contributed by atoms with Crippen LogP contribution in [0.15, 0.2) is 5.38 Å². The van der Waals surface area contributed by atoms with Crippen molar-refractivity contribution in [3.05, 3.63) is 11.1 Å². The number of hydrogen-bond donors (Lipinski definition) is 0. The van der Waals surface area contributed by atoms with Crippen molar-refractivity contribution in [2.75, 3.05) is 13.1 Å². The van der Waals surface area contributed by atoms with E-state index in [0.29, 0.717) is 18.7 Å². The molecule has 18 heavy (non-hydrogen) atoms. The molecule has 0 saturated carbocycles. The smallest absolute Gasteiger partial charge is 0.275 e. The molecule has 2 aliphatic rings. The average Bonchev–Trinajstić information content (AvgIpc) is 3.02. The van der Waals surface area contributed by atoms with E-state index in [1.54, 1.807) is 10.3 Å². The molecule has 2 fully saturated rings. The van der Waals surface area contributed by atoms with E-state index in [2.05, 4.69) is 9.59 Å². The van der Waals surface area contributed by atoms with Crippen LogP contribution in [0.25, 0.3) is 0 Å². The molecule has 2 atom stereocenters. The molecule has 2 aliphatic heterocycles. The summed E-state index contributed by atoms with van der Waals surface area (Å²) in [6.07, 6.45) is 1.31. The third-order valence-electron chi connectivity index (χ3n) is 3.80. The van der Waals surface area contributed by atoms with Gasteiger partial charge < -0.3 is 9.80 Å². The van der Waals surface area contributed by atoms with Crippen molar-refractivity contribution in [1.82, 2.24) is 19.4 Å². The van der Waals surface area contributed by atoms with Crippen LogP contribution >= 0.6 is 11.5 Å². The molecule has 96 valence electrons. The number of hydrogen-bond acceptors (Lipinski definition) is 5. The zero-order valence-corrected chi connectivity index (χ0v) is 10.9. The van der Waals surface area contributed by atoms with Crippen molar-refractivity contribution in [3.8, 4) is 0 Å². The van der Waals surface area contributed by atoms with Gasteiger partial charge in [-0.25, -0.2) is 0 Å². The lowest BCUT2D eigenvalue weighted by molar-refractivity contribution is -0.128. The fourth-order valence-corrected chi connectivity index (χ4v) is 3.43. The van der Waals surface area contributed by atoms with E-state index in [1.807, 2.05) is 11.8 Å². The van der Waals surface area contributed by atoms with Crippen LogP contribution in [0.3, 0.4) is 0 Å². The van der Waals surface area contributed by atoms with Gasteiger partial charge in [-0.15, -0.1) is 5.10 Å². The first kappa shape index (κ1) is 11.6. The van der Waals surface area contributed by atoms with Gasteiger partial charge in [-0.2, -0.15) is 0 Å². The van der Waals surface area contributed by atoms with Gasteiger partial charge in [-0.1, -0.05) is 4.49 Å². The van der Waals surface area contributed by atoms with Crippen LogP contribution in [0.2, 0.25) is 0 Å². The van der Waals surface area contributed by atoms with Crippen LogP contribution < -0.4 is 0 Å².